The zero-order chi connectivity index (χ0) is 20.8. The van der Waals surface area contributed by atoms with Crippen LogP contribution in [0, 0.1) is 0 Å². The van der Waals surface area contributed by atoms with Crippen LogP contribution in [0.1, 0.15) is 31.9 Å². The molecule has 0 unspecified atom stereocenters. The van der Waals surface area contributed by atoms with E-state index in [9.17, 15) is 13.2 Å². The average molecular weight is 395 g/mol. The first-order valence-electron chi connectivity index (χ1n) is 8.65. The van der Waals surface area contributed by atoms with Crippen molar-refractivity contribution in [1.29, 1.82) is 0 Å². The van der Waals surface area contributed by atoms with Crippen molar-refractivity contribution in [2.24, 2.45) is 10.7 Å². The van der Waals surface area contributed by atoms with Gasteiger partial charge in [-0.25, -0.2) is 4.99 Å². The summed E-state index contributed by atoms with van der Waals surface area (Å²) in [6, 6.07) is 13.1. The van der Waals surface area contributed by atoms with E-state index in [1.165, 1.54) is 24.3 Å². The topological polar surface area (TPSA) is 68.9 Å². The van der Waals surface area contributed by atoms with E-state index in [0.717, 1.165) is 11.1 Å². The van der Waals surface area contributed by atoms with Crippen molar-refractivity contribution in [3.63, 3.8) is 0 Å². The molecule has 2 aromatic rings. The van der Waals surface area contributed by atoms with E-state index in [2.05, 4.69) is 15.0 Å². The van der Waals surface area contributed by atoms with Gasteiger partial charge in [-0.15, -0.1) is 13.2 Å². The smallest absolute Gasteiger partial charge is 0.406 e. The first-order chi connectivity index (χ1) is 13.0. The molecule has 5 nitrogen and oxygen atoms in total. The van der Waals surface area contributed by atoms with Crippen LogP contribution in [0.25, 0.3) is 0 Å². The molecule has 0 aromatic heterocycles. The second-order valence-electron chi connectivity index (χ2n) is 7.12. The number of hydrogen-bond acceptors (Lipinski definition) is 3. The van der Waals surface area contributed by atoms with Crippen molar-refractivity contribution in [2.45, 2.75) is 45.9 Å². The van der Waals surface area contributed by atoms with Crippen molar-refractivity contribution >= 4 is 11.6 Å². The lowest BCUT2D eigenvalue weighted by molar-refractivity contribution is -0.274. The fourth-order valence-electron chi connectivity index (χ4n) is 2.22. The molecule has 0 radical (unpaired) electrons. The van der Waals surface area contributed by atoms with Gasteiger partial charge in [-0.2, -0.15) is 0 Å². The molecular weight excluding hydrogens is 371 g/mol. The molecule has 0 spiro atoms. The summed E-state index contributed by atoms with van der Waals surface area (Å²) in [5.41, 5.74) is 8.14. The summed E-state index contributed by atoms with van der Waals surface area (Å²) >= 11 is 0. The van der Waals surface area contributed by atoms with Gasteiger partial charge in [-0.1, -0.05) is 24.3 Å². The molecule has 0 bridgehead atoms. The van der Waals surface area contributed by atoms with Gasteiger partial charge in [0.2, 0.25) is 0 Å². The average Bonchev–Trinajstić information content (AvgIpc) is 2.58. The standard InChI is InChI=1S/C20H24F3N3O2/c1-19(2,3)27-13-15-6-4-5-14(11-15)12-25-18(24)26-16-7-9-17(10-8-16)28-20(21,22)23/h4-11H,12-13H2,1-3H3,(H3,24,25,26). The predicted molar refractivity (Wildman–Crippen MR) is 103 cm³/mol. The van der Waals surface area contributed by atoms with Crippen LogP contribution in [-0.2, 0) is 17.9 Å². The number of alkyl halides is 3. The fraction of sp³-hybridized carbons (Fsp3) is 0.350. The van der Waals surface area contributed by atoms with Gasteiger partial charge in [-0.3, -0.25) is 0 Å². The summed E-state index contributed by atoms with van der Waals surface area (Å²) < 4.78 is 46.1. The molecule has 0 aliphatic rings. The summed E-state index contributed by atoms with van der Waals surface area (Å²) in [5, 5.41) is 2.83. The molecule has 0 atom stereocenters. The molecule has 0 aliphatic carbocycles. The molecule has 0 fully saturated rings. The third-order valence-corrected chi connectivity index (χ3v) is 3.46. The van der Waals surface area contributed by atoms with E-state index >= 15 is 0 Å². The number of benzene rings is 2. The van der Waals surface area contributed by atoms with Crippen molar-refractivity contribution in [3.05, 3.63) is 59.7 Å². The van der Waals surface area contributed by atoms with Crippen molar-refractivity contribution in [3.8, 4) is 5.75 Å². The monoisotopic (exact) mass is 395 g/mol. The Labute approximate surface area is 162 Å². The Morgan fingerprint density at radius 3 is 2.29 bits per heavy atom. The van der Waals surface area contributed by atoms with Crippen molar-refractivity contribution < 1.29 is 22.6 Å². The number of nitrogens with one attached hydrogen (secondary N) is 1. The van der Waals surface area contributed by atoms with E-state index < -0.39 is 6.36 Å². The van der Waals surface area contributed by atoms with E-state index in [-0.39, 0.29) is 17.3 Å². The number of aliphatic imine (C=N–C) groups is 1. The van der Waals surface area contributed by atoms with Crippen LogP contribution in [0.4, 0.5) is 18.9 Å². The Morgan fingerprint density at radius 1 is 1.04 bits per heavy atom. The molecule has 0 saturated heterocycles. The number of rotatable bonds is 6. The minimum atomic E-state index is -4.72. The number of guanidine groups is 1. The highest BCUT2D eigenvalue weighted by Gasteiger charge is 2.30. The molecular formula is C20H24F3N3O2. The number of hydrogen-bond donors (Lipinski definition) is 2. The highest BCUT2D eigenvalue weighted by Crippen LogP contribution is 2.23. The summed E-state index contributed by atoms with van der Waals surface area (Å²) in [4.78, 5) is 4.25. The minimum absolute atomic E-state index is 0.154. The number of ether oxygens (including phenoxy) is 2. The summed E-state index contributed by atoms with van der Waals surface area (Å²) in [5.74, 6) is -0.149. The van der Waals surface area contributed by atoms with Crippen LogP contribution in [0.3, 0.4) is 0 Å². The van der Waals surface area contributed by atoms with Crippen LogP contribution >= 0.6 is 0 Å². The summed E-state index contributed by atoms with van der Waals surface area (Å²) in [7, 11) is 0. The molecule has 152 valence electrons. The van der Waals surface area contributed by atoms with Gasteiger partial charge in [-0.05, 0) is 56.2 Å². The third-order valence-electron chi connectivity index (χ3n) is 3.46. The van der Waals surface area contributed by atoms with Gasteiger partial charge >= 0.3 is 6.36 Å². The lowest BCUT2D eigenvalue weighted by Gasteiger charge is -2.19. The Hall–Kier alpha value is -2.74. The molecule has 2 aromatic carbocycles. The van der Waals surface area contributed by atoms with Crippen LogP contribution in [0.15, 0.2) is 53.5 Å². The lowest BCUT2D eigenvalue weighted by Crippen LogP contribution is -2.22. The summed E-state index contributed by atoms with van der Waals surface area (Å²) in [6.07, 6.45) is -4.72. The number of nitrogens with zero attached hydrogens (tertiary/aromatic N) is 1. The van der Waals surface area contributed by atoms with Crippen molar-refractivity contribution in [1.82, 2.24) is 0 Å². The number of nitrogens with two attached hydrogens (primary N) is 1. The highest BCUT2D eigenvalue weighted by molar-refractivity contribution is 5.92. The maximum Gasteiger partial charge on any atom is 0.573 e. The lowest BCUT2D eigenvalue weighted by atomic mass is 10.1. The largest absolute Gasteiger partial charge is 0.573 e. The zero-order valence-corrected chi connectivity index (χ0v) is 16.0. The van der Waals surface area contributed by atoms with Gasteiger partial charge in [0.15, 0.2) is 5.96 Å². The maximum absolute atomic E-state index is 12.2. The molecule has 0 aliphatic heterocycles. The van der Waals surface area contributed by atoms with Crippen LogP contribution < -0.4 is 15.8 Å². The predicted octanol–water partition coefficient (Wildman–Crippen LogP) is 4.83. The van der Waals surface area contributed by atoms with Crippen LogP contribution in [0.2, 0.25) is 0 Å². The second kappa shape index (κ2) is 8.97. The van der Waals surface area contributed by atoms with Gasteiger partial charge in [0.05, 0.1) is 18.8 Å². The highest BCUT2D eigenvalue weighted by atomic mass is 19.4. The quantitative estimate of drug-likeness (QED) is 0.543. The van der Waals surface area contributed by atoms with Gasteiger partial charge in [0.1, 0.15) is 5.75 Å². The SMILES string of the molecule is CC(C)(C)OCc1cccc(CN=C(N)Nc2ccc(OC(F)(F)F)cc2)c1. The second-order valence-corrected chi connectivity index (χ2v) is 7.12. The van der Waals surface area contributed by atoms with Crippen LogP contribution in [0.5, 0.6) is 5.75 Å². The molecule has 3 N–H and O–H groups in total. The van der Waals surface area contributed by atoms with E-state index in [1.54, 1.807) is 0 Å². The maximum atomic E-state index is 12.2. The summed E-state index contributed by atoms with van der Waals surface area (Å²) in [6.45, 7) is 6.85. The number of halogens is 3. The molecule has 8 heteroatoms. The normalized spacial score (nSPS) is 12.7. The fourth-order valence-corrected chi connectivity index (χ4v) is 2.22. The Bertz CT molecular complexity index is 798. The molecule has 0 heterocycles. The Balaban J connectivity index is 1.92. The van der Waals surface area contributed by atoms with Crippen LogP contribution in [-0.4, -0.2) is 17.9 Å². The van der Waals surface area contributed by atoms with E-state index in [1.807, 2.05) is 45.0 Å². The molecule has 28 heavy (non-hydrogen) atoms. The van der Waals surface area contributed by atoms with Gasteiger partial charge < -0.3 is 20.5 Å². The minimum Gasteiger partial charge on any atom is -0.406 e. The van der Waals surface area contributed by atoms with E-state index in [0.29, 0.717) is 18.8 Å². The van der Waals surface area contributed by atoms with Crippen molar-refractivity contribution in [2.75, 3.05) is 5.32 Å². The first kappa shape index (κ1) is 21.6. The molecule has 0 amide bonds. The van der Waals surface area contributed by atoms with Gasteiger partial charge in [0.25, 0.3) is 0 Å². The van der Waals surface area contributed by atoms with Gasteiger partial charge in [0, 0.05) is 5.69 Å². The Kier molecular flexibility index (Phi) is 6.90. The number of anilines is 1. The molecule has 2 rings (SSSR count). The zero-order valence-electron chi connectivity index (χ0n) is 16.0. The first-order valence-corrected chi connectivity index (χ1v) is 8.65. The molecule has 0 saturated carbocycles. The Morgan fingerprint density at radius 2 is 1.68 bits per heavy atom. The third kappa shape index (κ3) is 8.30. The van der Waals surface area contributed by atoms with E-state index in [4.69, 9.17) is 10.5 Å².